The molecule has 7 nitrogen and oxygen atoms in total. The fourth-order valence-electron chi connectivity index (χ4n) is 3.62. The summed E-state index contributed by atoms with van der Waals surface area (Å²) in [6.45, 7) is 1.21. The number of furan rings is 1. The molecule has 4 rings (SSSR count). The molecule has 1 aliphatic carbocycles. The second-order valence-corrected chi connectivity index (χ2v) is 7.10. The molecule has 0 fully saturated rings. The first-order valence-corrected chi connectivity index (χ1v) is 9.79. The van der Waals surface area contributed by atoms with Crippen molar-refractivity contribution < 1.29 is 9.21 Å². The number of amides is 2. The fourth-order valence-corrected chi connectivity index (χ4v) is 3.62. The molecule has 3 aromatic rings. The Kier molecular flexibility index (Phi) is 5.70. The average Bonchev–Trinajstić information content (AvgIpc) is 3.30. The highest BCUT2D eigenvalue weighted by atomic mass is 16.3. The number of carbonyl (C=O) groups excluding carboxylic acids is 1. The average molecular weight is 379 g/mol. The minimum absolute atomic E-state index is 0.160. The Hall–Kier alpha value is -3.09. The molecule has 0 radical (unpaired) electrons. The number of aromatic amines is 1. The maximum absolute atomic E-state index is 12.9. The van der Waals surface area contributed by atoms with Crippen LogP contribution in [0, 0.1) is 0 Å². The van der Waals surface area contributed by atoms with Crippen LogP contribution in [0.1, 0.15) is 47.7 Å². The Morgan fingerprint density at radius 2 is 2.07 bits per heavy atom. The lowest BCUT2D eigenvalue weighted by Crippen LogP contribution is -2.39. The first-order valence-electron chi connectivity index (χ1n) is 9.79. The molecule has 2 amide bonds. The summed E-state index contributed by atoms with van der Waals surface area (Å²) in [5.74, 6) is 0.736. The van der Waals surface area contributed by atoms with E-state index in [0.717, 1.165) is 30.0 Å². The Labute approximate surface area is 164 Å². The van der Waals surface area contributed by atoms with Crippen LogP contribution in [0.4, 0.5) is 4.79 Å². The second kappa shape index (κ2) is 8.73. The summed E-state index contributed by atoms with van der Waals surface area (Å²) >= 11 is 0. The molecule has 3 heterocycles. The number of aromatic nitrogens is 3. The van der Waals surface area contributed by atoms with E-state index in [2.05, 4.69) is 20.5 Å². The molecule has 1 aliphatic rings. The predicted molar refractivity (Wildman–Crippen MR) is 104 cm³/mol. The molecular formula is C21H25N5O2. The minimum atomic E-state index is -0.160. The highest BCUT2D eigenvalue weighted by molar-refractivity contribution is 5.74. The highest BCUT2D eigenvalue weighted by Gasteiger charge is 2.19. The summed E-state index contributed by atoms with van der Waals surface area (Å²) in [5.41, 5.74) is 4.28. The van der Waals surface area contributed by atoms with E-state index < -0.39 is 0 Å². The Morgan fingerprint density at radius 1 is 1.14 bits per heavy atom. The van der Waals surface area contributed by atoms with Gasteiger partial charge in [-0.2, -0.15) is 5.10 Å². The lowest BCUT2D eigenvalue weighted by atomic mass is 10.1. The van der Waals surface area contributed by atoms with Gasteiger partial charge in [0.25, 0.3) is 0 Å². The number of urea groups is 1. The van der Waals surface area contributed by atoms with Crippen LogP contribution >= 0.6 is 0 Å². The summed E-state index contributed by atoms with van der Waals surface area (Å²) in [6, 6.07) is 9.23. The van der Waals surface area contributed by atoms with E-state index in [4.69, 9.17) is 4.42 Å². The third-order valence-corrected chi connectivity index (χ3v) is 5.09. The number of rotatable bonds is 6. The molecule has 7 heteroatoms. The van der Waals surface area contributed by atoms with Crippen molar-refractivity contribution in [2.24, 2.45) is 0 Å². The first kappa shape index (κ1) is 18.3. The quantitative estimate of drug-likeness (QED) is 0.641. The van der Waals surface area contributed by atoms with Crippen molar-refractivity contribution in [3.05, 3.63) is 71.2 Å². The lowest BCUT2D eigenvalue weighted by Gasteiger charge is -2.21. The molecule has 0 bridgehead atoms. The van der Waals surface area contributed by atoms with Crippen LogP contribution in [0.15, 0.2) is 47.2 Å². The Bertz CT molecular complexity index is 889. The zero-order valence-electron chi connectivity index (χ0n) is 15.9. The zero-order valence-corrected chi connectivity index (χ0v) is 15.9. The second-order valence-electron chi connectivity index (χ2n) is 7.10. The van der Waals surface area contributed by atoms with E-state index >= 15 is 0 Å². The van der Waals surface area contributed by atoms with E-state index in [1.165, 1.54) is 30.5 Å². The van der Waals surface area contributed by atoms with Gasteiger partial charge < -0.3 is 14.6 Å². The van der Waals surface area contributed by atoms with Gasteiger partial charge in [-0.15, -0.1) is 0 Å². The van der Waals surface area contributed by atoms with Gasteiger partial charge in [-0.05, 0) is 55.5 Å². The SMILES string of the molecule is O=C(NCc1n[nH]c2c1CCCCC2)N(Cc1ccccn1)Cc1ccco1. The number of fused-ring (bicyclic) bond motifs is 1. The summed E-state index contributed by atoms with van der Waals surface area (Å²) < 4.78 is 5.43. The van der Waals surface area contributed by atoms with Crippen LogP contribution in [-0.4, -0.2) is 26.1 Å². The highest BCUT2D eigenvalue weighted by Crippen LogP contribution is 2.21. The summed E-state index contributed by atoms with van der Waals surface area (Å²) in [4.78, 5) is 19.0. The fraction of sp³-hybridized carbons (Fsp3) is 0.381. The van der Waals surface area contributed by atoms with E-state index in [1.54, 1.807) is 17.4 Å². The largest absolute Gasteiger partial charge is 0.467 e. The Morgan fingerprint density at radius 3 is 2.89 bits per heavy atom. The van der Waals surface area contributed by atoms with Gasteiger partial charge in [-0.3, -0.25) is 10.1 Å². The number of nitrogens with zero attached hydrogens (tertiary/aromatic N) is 3. The Balaban J connectivity index is 1.44. The van der Waals surface area contributed by atoms with Gasteiger partial charge in [-0.25, -0.2) is 4.79 Å². The number of hydrogen-bond acceptors (Lipinski definition) is 4. The minimum Gasteiger partial charge on any atom is -0.467 e. The summed E-state index contributed by atoms with van der Waals surface area (Å²) in [5, 5.41) is 10.6. The number of pyridine rings is 1. The molecule has 0 spiro atoms. The normalized spacial score (nSPS) is 13.6. The van der Waals surface area contributed by atoms with Gasteiger partial charge in [0.1, 0.15) is 5.76 Å². The number of H-pyrrole nitrogens is 1. The molecular weight excluding hydrogens is 354 g/mol. The molecule has 0 unspecified atom stereocenters. The van der Waals surface area contributed by atoms with Crippen LogP contribution in [0.5, 0.6) is 0 Å². The zero-order chi connectivity index (χ0) is 19.2. The van der Waals surface area contributed by atoms with E-state index in [9.17, 15) is 4.79 Å². The molecule has 0 saturated carbocycles. The maximum atomic E-state index is 12.9. The third-order valence-electron chi connectivity index (χ3n) is 5.09. The van der Waals surface area contributed by atoms with Crippen LogP contribution in [-0.2, 0) is 32.5 Å². The first-order chi connectivity index (χ1) is 13.8. The van der Waals surface area contributed by atoms with Gasteiger partial charge >= 0.3 is 6.03 Å². The number of nitrogens with one attached hydrogen (secondary N) is 2. The van der Waals surface area contributed by atoms with Crippen molar-refractivity contribution in [2.45, 2.75) is 51.7 Å². The number of carbonyl (C=O) groups is 1. The smallest absolute Gasteiger partial charge is 0.318 e. The van der Waals surface area contributed by atoms with E-state index in [-0.39, 0.29) is 6.03 Å². The van der Waals surface area contributed by atoms with Crippen molar-refractivity contribution >= 4 is 6.03 Å². The monoisotopic (exact) mass is 379 g/mol. The topological polar surface area (TPSA) is 87.0 Å². The van der Waals surface area contributed by atoms with Crippen LogP contribution < -0.4 is 5.32 Å². The third kappa shape index (κ3) is 4.42. The van der Waals surface area contributed by atoms with Crippen LogP contribution in [0.2, 0.25) is 0 Å². The summed E-state index contributed by atoms with van der Waals surface area (Å²) in [7, 11) is 0. The van der Waals surface area contributed by atoms with Gasteiger partial charge in [0, 0.05) is 11.9 Å². The number of aryl methyl sites for hydroxylation is 1. The molecule has 0 atom stereocenters. The predicted octanol–water partition coefficient (Wildman–Crippen LogP) is 3.58. The molecule has 0 aliphatic heterocycles. The molecule has 0 saturated heterocycles. The van der Waals surface area contributed by atoms with Crippen LogP contribution in [0.25, 0.3) is 0 Å². The summed E-state index contributed by atoms with van der Waals surface area (Å²) in [6.07, 6.45) is 9.04. The molecule has 2 N–H and O–H groups in total. The standard InChI is InChI=1S/C21H25N5O2/c27-21(23-13-20-18-9-2-1-3-10-19(18)24-25-20)26(15-17-8-6-12-28-17)14-16-7-4-5-11-22-16/h4-8,11-12H,1-3,9-10,13-15H2,(H,23,27)(H,24,25). The molecule has 28 heavy (non-hydrogen) atoms. The van der Waals surface area contributed by atoms with E-state index in [0.29, 0.717) is 19.6 Å². The lowest BCUT2D eigenvalue weighted by molar-refractivity contribution is 0.186. The van der Waals surface area contributed by atoms with Gasteiger partial charge in [0.05, 0.1) is 37.3 Å². The van der Waals surface area contributed by atoms with Crippen molar-refractivity contribution in [2.75, 3.05) is 0 Å². The van der Waals surface area contributed by atoms with Crippen molar-refractivity contribution in [3.8, 4) is 0 Å². The van der Waals surface area contributed by atoms with Gasteiger partial charge in [-0.1, -0.05) is 12.5 Å². The van der Waals surface area contributed by atoms with Gasteiger partial charge in [0.15, 0.2) is 0 Å². The van der Waals surface area contributed by atoms with E-state index in [1.807, 2.05) is 30.3 Å². The van der Waals surface area contributed by atoms with Gasteiger partial charge in [0.2, 0.25) is 0 Å². The van der Waals surface area contributed by atoms with Crippen LogP contribution in [0.3, 0.4) is 0 Å². The van der Waals surface area contributed by atoms with Crippen molar-refractivity contribution in [3.63, 3.8) is 0 Å². The van der Waals surface area contributed by atoms with Crippen molar-refractivity contribution in [1.82, 2.24) is 25.4 Å². The molecule has 146 valence electrons. The number of hydrogen-bond donors (Lipinski definition) is 2. The maximum Gasteiger partial charge on any atom is 0.318 e. The van der Waals surface area contributed by atoms with Crippen molar-refractivity contribution in [1.29, 1.82) is 0 Å². The molecule has 0 aromatic carbocycles. The molecule has 3 aromatic heterocycles.